The van der Waals surface area contributed by atoms with Crippen molar-refractivity contribution in [1.29, 1.82) is 0 Å². The van der Waals surface area contributed by atoms with E-state index in [1.54, 1.807) is 0 Å². The molecule has 0 N–H and O–H groups in total. The Morgan fingerprint density at radius 3 is 3.00 bits per heavy atom. The van der Waals surface area contributed by atoms with Gasteiger partial charge < -0.3 is 0 Å². The van der Waals surface area contributed by atoms with Crippen molar-refractivity contribution < 1.29 is 0 Å². The van der Waals surface area contributed by atoms with Crippen LogP contribution in [0.2, 0.25) is 0 Å². The molecule has 2 aliphatic heterocycles. The van der Waals surface area contributed by atoms with Crippen molar-refractivity contribution in [3.63, 3.8) is 0 Å². The van der Waals surface area contributed by atoms with Crippen LogP contribution in [0.4, 0.5) is 0 Å². The summed E-state index contributed by atoms with van der Waals surface area (Å²) in [5, 5.41) is 0. The molecular formula is C12H21N. The summed E-state index contributed by atoms with van der Waals surface area (Å²) in [5.41, 5.74) is 0.680. The van der Waals surface area contributed by atoms with Crippen LogP contribution in [0, 0.1) is 17.3 Å². The van der Waals surface area contributed by atoms with Crippen LogP contribution < -0.4 is 0 Å². The largest absolute Gasteiger partial charge is 0.300 e. The summed E-state index contributed by atoms with van der Waals surface area (Å²) < 4.78 is 0. The van der Waals surface area contributed by atoms with Gasteiger partial charge in [-0.1, -0.05) is 13.3 Å². The lowest BCUT2D eigenvalue weighted by atomic mass is 9.66. The molecule has 2 heterocycles. The van der Waals surface area contributed by atoms with Gasteiger partial charge >= 0.3 is 0 Å². The van der Waals surface area contributed by atoms with Gasteiger partial charge in [-0.15, -0.1) is 0 Å². The number of fused-ring (bicyclic) bond motifs is 4. The molecule has 2 bridgehead atoms. The maximum atomic E-state index is 2.74. The fourth-order valence-electron chi connectivity index (χ4n) is 4.37. The zero-order valence-electron chi connectivity index (χ0n) is 8.92. The van der Waals surface area contributed by atoms with Gasteiger partial charge in [0, 0.05) is 12.6 Å². The van der Waals surface area contributed by atoms with Crippen LogP contribution in [0.15, 0.2) is 0 Å². The quantitative estimate of drug-likeness (QED) is 0.552. The van der Waals surface area contributed by atoms with E-state index in [1.165, 1.54) is 38.8 Å². The molecule has 3 aliphatic rings. The van der Waals surface area contributed by atoms with E-state index in [9.17, 15) is 0 Å². The Hall–Kier alpha value is -0.0400. The van der Waals surface area contributed by atoms with Crippen molar-refractivity contribution in [1.82, 2.24) is 4.90 Å². The normalized spacial score (nSPS) is 59.5. The first kappa shape index (κ1) is 8.28. The van der Waals surface area contributed by atoms with E-state index >= 15 is 0 Å². The van der Waals surface area contributed by atoms with Crippen molar-refractivity contribution >= 4 is 0 Å². The Balaban J connectivity index is 1.96. The van der Waals surface area contributed by atoms with E-state index in [0.717, 1.165) is 17.9 Å². The molecule has 1 heteroatoms. The average molecular weight is 179 g/mol. The molecule has 3 fully saturated rings. The van der Waals surface area contributed by atoms with E-state index in [-0.39, 0.29) is 0 Å². The van der Waals surface area contributed by atoms with E-state index in [4.69, 9.17) is 0 Å². The van der Waals surface area contributed by atoms with Gasteiger partial charge in [0.1, 0.15) is 0 Å². The molecule has 0 aromatic rings. The summed E-state index contributed by atoms with van der Waals surface area (Å²) in [5.74, 6) is 2.13. The molecular weight excluding hydrogens is 158 g/mol. The lowest BCUT2D eigenvalue weighted by Gasteiger charge is -2.46. The number of piperidine rings is 1. The number of hydrogen-bond acceptors (Lipinski definition) is 1. The molecule has 0 aromatic carbocycles. The highest BCUT2D eigenvalue weighted by Gasteiger charge is 2.54. The summed E-state index contributed by atoms with van der Waals surface area (Å²) in [6, 6.07) is 0.867. The second-order valence-electron chi connectivity index (χ2n) is 5.72. The van der Waals surface area contributed by atoms with Crippen LogP contribution in [-0.2, 0) is 0 Å². The van der Waals surface area contributed by atoms with Crippen LogP contribution >= 0.6 is 0 Å². The van der Waals surface area contributed by atoms with Crippen LogP contribution in [-0.4, -0.2) is 24.0 Å². The Labute approximate surface area is 81.5 Å². The lowest BCUT2D eigenvalue weighted by Crippen LogP contribution is -2.49. The van der Waals surface area contributed by atoms with Crippen molar-refractivity contribution in [3.8, 4) is 0 Å². The summed E-state index contributed by atoms with van der Waals surface area (Å²) in [7, 11) is 0. The SMILES string of the molecule is CC1N2CCC1(C)C1CCCC1C2. The second-order valence-corrected chi connectivity index (χ2v) is 5.72. The van der Waals surface area contributed by atoms with Gasteiger partial charge in [-0.05, 0) is 50.0 Å². The minimum atomic E-state index is 0.680. The zero-order valence-corrected chi connectivity index (χ0v) is 8.92. The maximum absolute atomic E-state index is 2.74. The van der Waals surface area contributed by atoms with Gasteiger partial charge in [-0.3, -0.25) is 4.90 Å². The smallest absolute Gasteiger partial charge is 0.0124 e. The van der Waals surface area contributed by atoms with Crippen LogP contribution in [0.25, 0.3) is 0 Å². The summed E-state index contributed by atoms with van der Waals surface area (Å²) in [6.45, 7) is 7.81. The number of nitrogens with zero attached hydrogens (tertiary/aromatic N) is 1. The van der Waals surface area contributed by atoms with Gasteiger partial charge in [0.25, 0.3) is 0 Å². The predicted molar refractivity (Wildman–Crippen MR) is 54.6 cm³/mol. The van der Waals surface area contributed by atoms with Crippen molar-refractivity contribution in [2.24, 2.45) is 17.3 Å². The first-order chi connectivity index (χ1) is 6.22. The van der Waals surface area contributed by atoms with Gasteiger partial charge in [0.15, 0.2) is 0 Å². The Bertz CT molecular complexity index is 225. The Kier molecular flexibility index (Phi) is 1.59. The predicted octanol–water partition coefficient (Wildman–Crippen LogP) is 2.52. The lowest BCUT2D eigenvalue weighted by molar-refractivity contribution is 0.0255. The van der Waals surface area contributed by atoms with Gasteiger partial charge in [-0.2, -0.15) is 0 Å². The zero-order chi connectivity index (χ0) is 9.05. The molecule has 1 aliphatic carbocycles. The monoisotopic (exact) mass is 179 g/mol. The summed E-state index contributed by atoms with van der Waals surface area (Å²) >= 11 is 0. The van der Waals surface area contributed by atoms with Gasteiger partial charge in [-0.25, -0.2) is 0 Å². The molecule has 74 valence electrons. The first-order valence-corrected chi connectivity index (χ1v) is 5.96. The van der Waals surface area contributed by atoms with E-state index in [1.807, 2.05) is 0 Å². The minimum Gasteiger partial charge on any atom is -0.300 e. The van der Waals surface area contributed by atoms with Crippen molar-refractivity contribution in [2.75, 3.05) is 13.1 Å². The van der Waals surface area contributed by atoms with Crippen LogP contribution in [0.1, 0.15) is 39.5 Å². The second kappa shape index (κ2) is 2.50. The van der Waals surface area contributed by atoms with E-state index in [0.29, 0.717) is 5.41 Å². The number of rotatable bonds is 0. The molecule has 0 spiro atoms. The fraction of sp³-hybridized carbons (Fsp3) is 1.00. The molecule has 1 saturated carbocycles. The highest BCUT2D eigenvalue weighted by molar-refractivity contribution is 5.06. The highest BCUT2D eigenvalue weighted by Crippen LogP contribution is 2.55. The summed E-state index contributed by atoms with van der Waals surface area (Å²) in [4.78, 5) is 2.74. The molecule has 0 amide bonds. The molecule has 0 aromatic heterocycles. The van der Waals surface area contributed by atoms with Crippen molar-refractivity contribution in [3.05, 3.63) is 0 Å². The molecule has 2 saturated heterocycles. The highest BCUT2D eigenvalue weighted by atomic mass is 15.2. The average Bonchev–Trinajstić information content (AvgIpc) is 2.64. The third-order valence-electron chi connectivity index (χ3n) is 5.41. The van der Waals surface area contributed by atoms with Crippen LogP contribution in [0.5, 0.6) is 0 Å². The third kappa shape index (κ3) is 0.918. The molecule has 0 radical (unpaired) electrons. The Morgan fingerprint density at radius 1 is 1.31 bits per heavy atom. The van der Waals surface area contributed by atoms with E-state index in [2.05, 4.69) is 18.7 Å². The van der Waals surface area contributed by atoms with E-state index < -0.39 is 0 Å². The first-order valence-electron chi connectivity index (χ1n) is 5.96. The fourth-order valence-corrected chi connectivity index (χ4v) is 4.37. The molecule has 13 heavy (non-hydrogen) atoms. The molecule has 5 unspecified atom stereocenters. The van der Waals surface area contributed by atoms with Gasteiger partial charge in [0.2, 0.25) is 0 Å². The van der Waals surface area contributed by atoms with Crippen LogP contribution in [0.3, 0.4) is 0 Å². The minimum absolute atomic E-state index is 0.680. The van der Waals surface area contributed by atoms with Gasteiger partial charge in [0.05, 0.1) is 0 Å². The maximum Gasteiger partial charge on any atom is 0.0124 e. The third-order valence-corrected chi connectivity index (χ3v) is 5.41. The topological polar surface area (TPSA) is 3.24 Å². The standard InChI is InChI=1S/C12H21N/c1-9-12(2)6-7-13(9)8-10-4-3-5-11(10)12/h9-11H,3-8H2,1-2H3. The number of hydrogen-bond donors (Lipinski definition) is 0. The molecule has 5 atom stereocenters. The Morgan fingerprint density at radius 2 is 2.15 bits per heavy atom. The molecule has 1 nitrogen and oxygen atoms in total. The summed E-state index contributed by atoms with van der Waals surface area (Å²) in [6.07, 6.45) is 6.02. The van der Waals surface area contributed by atoms with Crippen molar-refractivity contribution in [2.45, 2.75) is 45.6 Å². The molecule has 3 rings (SSSR count).